The van der Waals surface area contributed by atoms with Crippen LogP contribution in [0.4, 0.5) is 0 Å². The highest BCUT2D eigenvalue weighted by molar-refractivity contribution is 6.17. The number of rotatable bonds is 3. The molecule has 0 aliphatic rings. The summed E-state index contributed by atoms with van der Waals surface area (Å²) in [4.78, 5) is 6.31. The van der Waals surface area contributed by atoms with Crippen molar-refractivity contribution in [2.75, 3.05) is 13.1 Å². The fraction of sp³-hybridized carbons (Fsp3) is 0.364. The van der Waals surface area contributed by atoms with Gasteiger partial charge in [0.05, 0.1) is 6.00 Å². The molecule has 4 heteroatoms. The molecule has 0 fully saturated rings. The fourth-order valence-electron chi connectivity index (χ4n) is 1.54. The lowest BCUT2D eigenvalue weighted by atomic mass is 10.2. The molecular formula is C11H13ClN2O. The van der Waals surface area contributed by atoms with Crippen molar-refractivity contribution in [1.29, 1.82) is 0 Å². The first-order chi connectivity index (χ1) is 7.19. The van der Waals surface area contributed by atoms with Gasteiger partial charge in [0.2, 0.25) is 0 Å². The van der Waals surface area contributed by atoms with Crippen molar-refractivity contribution in [1.82, 2.24) is 9.88 Å². The van der Waals surface area contributed by atoms with Crippen LogP contribution in [0.25, 0.3) is 11.1 Å². The van der Waals surface area contributed by atoms with Crippen LogP contribution in [0.5, 0.6) is 0 Å². The van der Waals surface area contributed by atoms with Crippen molar-refractivity contribution in [3.63, 3.8) is 0 Å². The minimum Gasteiger partial charge on any atom is -0.441 e. The summed E-state index contributed by atoms with van der Waals surface area (Å²) >= 11 is 5.72. The fourth-order valence-corrected chi connectivity index (χ4v) is 1.63. The molecule has 0 atom stereocenters. The summed E-state index contributed by atoms with van der Waals surface area (Å²) in [5.74, 6) is 0.702. The first kappa shape index (κ1) is 10.5. The van der Waals surface area contributed by atoms with E-state index >= 15 is 0 Å². The maximum absolute atomic E-state index is 5.72. The Morgan fingerprint density at radius 1 is 1.47 bits per heavy atom. The highest BCUT2D eigenvalue weighted by atomic mass is 35.5. The molecule has 15 heavy (non-hydrogen) atoms. The van der Waals surface area contributed by atoms with E-state index in [1.165, 1.54) is 5.56 Å². The summed E-state index contributed by atoms with van der Waals surface area (Å²) < 4.78 is 5.40. The van der Waals surface area contributed by atoms with Gasteiger partial charge >= 0.3 is 0 Å². The second-order valence-corrected chi connectivity index (χ2v) is 3.91. The average Bonchev–Trinajstić information content (AvgIpc) is 2.57. The quantitative estimate of drug-likeness (QED) is 0.593. The van der Waals surface area contributed by atoms with Crippen LogP contribution in [-0.2, 0) is 6.54 Å². The number of hydrogen-bond donors (Lipinski definition) is 0. The molecule has 0 amide bonds. The van der Waals surface area contributed by atoms with E-state index in [1.807, 2.05) is 37.1 Å². The Bertz CT molecular complexity index is 467. The lowest BCUT2D eigenvalue weighted by Crippen LogP contribution is -2.15. The van der Waals surface area contributed by atoms with Gasteiger partial charge in [-0.2, -0.15) is 0 Å². The molecule has 3 nitrogen and oxygen atoms in total. The van der Waals surface area contributed by atoms with Gasteiger partial charge in [-0.1, -0.05) is 6.07 Å². The normalized spacial score (nSPS) is 11.5. The van der Waals surface area contributed by atoms with Crippen molar-refractivity contribution >= 4 is 22.7 Å². The summed E-state index contributed by atoms with van der Waals surface area (Å²) in [6.45, 7) is 2.68. The van der Waals surface area contributed by atoms with Crippen molar-refractivity contribution in [2.45, 2.75) is 13.5 Å². The Balaban J connectivity index is 2.30. The molecule has 1 aromatic carbocycles. The molecule has 0 aliphatic heterocycles. The number of nitrogens with zero attached hydrogens (tertiary/aromatic N) is 2. The third-order valence-electron chi connectivity index (χ3n) is 2.22. The van der Waals surface area contributed by atoms with Gasteiger partial charge in [-0.05, 0) is 24.7 Å². The second-order valence-electron chi connectivity index (χ2n) is 3.67. The number of fused-ring (bicyclic) bond motifs is 1. The monoisotopic (exact) mass is 224 g/mol. The first-order valence-corrected chi connectivity index (χ1v) is 5.33. The van der Waals surface area contributed by atoms with Crippen LogP contribution < -0.4 is 0 Å². The number of hydrogen-bond acceptors (Lipinski definition) is 3. The van der Waals surface area contributed by atoms with Gasteiger partial charge in [0.1, 0.15) is 5.52 Å². The van der Waals surface area contributed by atoms with Gasteiger partial charge in [-0.3, -0.25) is 4.90 Å². The molecule has 2 aromatic rings. The zero-order valence-corrected chi connectivity index (χ0v) is 9.58. The molecule has 0 aliphatic carbocycles. The van der Waals surface area contributed by atoms with E-state index in [9.17, 15) is 0 Å². The molecule has 2 rings (SSSR count). The largest absolute Gasteiger partial charge is 0.441 e. The number of oxazole rings is 1. The Morgan fingerprint density at radius 3 is 3.00 bits per heavy atom. The smallest absolute Gasteiger partial charge is 0.192 e. The summed E-state index contributed by atoms with van der Waals surface area (Å²) in [5.41, 5.74) is 2.94. The lowest BCUT2D eigenvalue weighted by molar-refractivity contribution is 0.382. The maximum atomic E-state index is 5.72. The van der Waals surface area contributed by atoms with Gasteiger partial charge in [0, 0.05) is 13.5 Å². The van der Waals surface area contributed by atoms with Crippen molar-refractivity contribution in [3.8, 4) is 0 Å². The van der Waals surface area contributed by atoms with Crippen LogP contribution >= 0.6 is 11.6 Å². The minimum absolute atomic E-state index is 0.524. The molecule has 0 saturated carbocycles. The third-order valence-corrected chi connectivity index (χ3v) is 2.62. The van der Waals surface area contributed by atoms with E-state index in [-0.39, 0.29) is 0 Å². The standard InChI is InChI=1S/C11H13ClN2O/c1-8-13-10-5-9(6-14(2)7-12)3-4-11(10)15-8/h3-5H,6-7H2,1-2H3. The number of alkyl halides is 1. The summed E-state index contributed by atoms with van der Waals surface area (Å²) in [7, 11) is 1.98. The molecule has 0 bridgehead atoms. The summed E-state index contributed by atoms with van der Waals surface area (Å²) in [6.07, 6.45) is 0. The average molecular weight is 225 g/mol. The van der Waals surface area contributed by atoms with Gasteiger partial charge in [0.15, 0.2) is 11.5 Å². The number of benzene rings is 1. The van der Waals surface area contributed by atoms with Crippen LogP contribution in [0, 0.1) is 6.92 Å². The van der Waals surface area contributed by atoms with Crippen LogP contribution in [-0.4, -0.2) is 22.9 Å². The van der Waals surface area contributed by atoms with Gasteiger partial charge < -0.3 is 4.42 Å². The zero-order chi connectivity index (χ0) is 10.8. The molecule has 1 aromatic heterocycles. The van der Waals surface area contributed by atoms with E-state index in [4.69, 9.17) is 16.0 Å². The zero-order valence-electron chi connectivity index (χ0n) is 8.83. The van der Waals surface area contributed by atoms with Crippen LogP contribution in [0.3, 0.4) is 0 Å². The predicted octanol–water partition coefficient (Wildman–Crippen LogP) is 2.76. The molecule has 0 unspecified atom stereocenters. The van der Waals surface area contributed by atoms with Crippen LogP contribution in [0.1, 0.15) is 11.5 Å². The van der Waals surface area contributed by atoms with Crippen molar-refractivity contribution in [3.05, 3.63) is 29.7 Å². The first-order valence-electron chi connectivity index (χ1n) is 4.79. The maximum Gasteiger partial charge on any atom is 0.192 e. The Hall–Kier alpha value is -1.06. The summed E-state index contributed by atoms with van der Waals surface area (Å²) in [6, 6.07) is 6.55. The molecule has 0 saturated heterocycles. The SMILES string of the molecule is Cc1nc2cc(CN(C)CCl)ccc2o1. The van der Waals surface area contributed by atoms with E-state index in [0.29, 0.717) is 11.9 Å². The Morgan fingerprint density at radius 2 is 2.27 bits per heavy atom. The van der Waals surface area contributed by atoms with Crippen molar-refractivity contribution in [2.24, 2.45) is 0 Å². The van der Waals surface area contributed by atoms with Crippen molar-refractivity contribution < 1.29 is 4.42 Å². The number of halogens is 1. The Labute approximate surface area is 93.6 Å². The summed E-state index contributed by atoms with van der Waals surface area (Å²) in [5, 5.41) is 0. The van der Waals surface area contributed by atoms with Gasteiger partial charge in [-0.15, -0.1) is 11.6 Å². The second kappa shape index (κ2) is 4.21. The molecule has 0 N–H and O–H groups in total. The van der Waals surface area contributed by atoms with E-state index < -0.39 is 0 Å². The highest BCUT2D eigenvalue weighted by Gasteiger charge is 2.04. The number of aryl methyl sites for hydroxylation is 1. The lowest BCUT2D eigenvalue weighted by Gasteiger charge is -2.11. The van der Waals surface area contributed by atoms with Crippen LogP contribution in [0.2, 0.25) is 0 Å². The van der Waals surface area contributed by atoms with E-state index in [0.717, 1.165) is 17.6 Å². The Kier molecular flexibility index (Phi) is 2.93. The van der Waals surface area contributed by atoms with Gasteiger partial charge in [0.25, 0.3) is 0 Å². The van der Waals surface area contributed by atoms with Crippen LogP contribution in [0.15, 0.2) is 22.6 Å². The molecule has 80 valence electrons. The molecular weight excluding hydrogens is 212 g/mol. The van der Waals surface area contributed by atoms with Gasteiger partial charge in [-0.25, -0.2) is 4.98 Å². The van der Waals surface area contributed by atoms with E-state index in [1.54, 1.807) is 0 Å². The highest BCUT2D eigenvalue weighted by Crippen LogP contribution is 2.17. The van der Waals surface area contributed by atoms with E-state index in [2.05, 4.69) is 4.98 Å². The molecule has 0 spiro atoms. The minimum atomic E-state index is 0.524. The molecule has 0 radical (unpaired) electrons. The molecule has 1 heterocycles. The predicted molar refractivity (Wildman–Crippen MR) is 60.9 cm³/mol. The third kappa shape index (κ3) is 2.30. The number of aromatic nitrogens is 1. The topological polar surface area (TPSA) is 29.3 Å².